The Labute approximate surface area is 88.5 Å². The molecule has 2 nitrogen and oxygen atoms in total. The molecule has 0 heterocycles. The Morgan fingerprint density at radius 2 is 1.60 bits per heavy atom. The Bertz CT molecular complexity index is 451. The molecule has 0 amide bonds. The predicted octanol–water partition coefficient (Wildman–Crippen LogP) is 3.68. The summed E-state index contributed by atoms with van der Waals surface area (Å²) in [5.41, 5.74) is 2.84. The van der Waals surface area contributed by atoms with E-state index in [1.54, 1.807) is 6.07 Å². The maximum Gasteiger partial charge on any atom is 0.108 e. The van der Waals surface area contributed by atoms with Gasteiger partial charge in [-0.05, 0) is 34.9 Å². The van der Waals surface area contributed by atoms with E-state index in [2.05, 4.69) is 17.3 Å². The standard InChI is InChI=1S/C13H11NO/c15-14-13-8-4-7-12(10-13)9-11-5-2-1-3-6-11/h1-8,10H,9H2. The fraction of sp³-hybridized carbons (Fsp3) is 0.0769. The first-order valence-electron chi connectivity index (χ1n) is 4.85. The lowest BCUT2D eigenvalue weighted by atomic mass is 10.0. The summed E-state index contributed by atoms with van der Waals surface area (Å²) in [6, 6.07) is 17.5. The molecule has 0 radical (unpaired) electrons. The first kappa shape index (κ1) is 9.59. The molecule has 74 valence electrons. The van der Waals surface area contributed by atoms with Gasteiger partial charge < -0.3 is 0 Å². The molecular weight excluding hydrogens is 186 g/mol. The summed E-state index contributed by atoms with van der Waals surface area (Å²) in [4.78, 5) is 10.4. The minimum absolute atomic E-state index is 0.489. The first-order valence-corrected chi connectivity index (χ1v) is 4.85. The predicted molar refractivity (Wildman–Crippen MR) is 61.1 cm³/mol. The summed E-state index contributed by atoms with van der Waals surface area (Å²) in [6.45, 7) is 0. The molecule has 0 fully saturated rings. The van der Waals surface area contributed by atoms with Crippen LogP contribution in [0.15, 0.2) is 59.8 Å². The van der Waals surface area contributed by atoms with Gasteiger partial charge in [-0.2, -0.15) is 0 Å². The summed E-state index contributed by atoms with van der Waals surface area (Å²) in [6.07, 6.45) is 0.837. The van der Waals surface area contributed by atoms with Gasteiger partial charge >= 0.3 is 0 Å². The van der Waals surface area contributed by atoms with Crippen LogP contribution in [0, 0.1) is 4.91 Å². The maximum atomic E-state index is 10.4. The smallest absolute Gasteiger partial charge is 0.108 e. The van der Waals surface area contributed by atoms with E-state index in [-0.39, 0.29) is 0 Å². The van der Waals surface area contributed by atoms with Crippen LogP contribution in [-0.4, -0.2) is 0 Å². The number of hydrogen-bond donors (Lipinski definition) is 0. The zero-order valence-electron chi connectivity index (χ0n) is 8.26. The molecular formula is C13H11NO. The van der Waals surface area contributed by atoms with Gasteiger partial charge in [0.1, 0.15) is 5.69 Å². The highest BCUT2D eigenvalue weighted by atomic mass is 16.3. The molecule has 0 unspecified atom stereocenters. The highest BCUT2D eigenvalue weighted by molar-refractivity contribution is 5.41. The Morgan fingerprint density at radius 1 is 0.867 bits per heavy atom. The van der Waals surface area contributed by atoms with E-state index in [9.17, 15) is 4.91 Å². The average Bonchev–Trinajstić information content (AvgIpc) is 2.31. The lowest BCUT2D eigenvalue weighted by Crippen LogP contribution is -1.86. The summed E-state index contributed by atoms with van der Waals surface area (Å²) in [7, 11) is 0. The summed E-state index contributed by atoms with van der Waals surface area (Å²) in [5, 5.41) is 2.92. The maximum absolute atomic E-state index is 10.4. The summed E-state index contributed by atoms with van der Waals surface area (Å²) >= 11 is 0. The molecule has 0 saturated carbocycles. The zero-order valence-corrected chi connectivity index (χ0v) is 8.26. The van der Waals surface area contributed by atoms with Crippen molar-refractivity contribution in [2.24, 2.45) is 5.18 Å². The molecule has 2 aromatic carbocycles. The molecule has 0 bridgehead atoms. The van der Waals surface area contributed by atoms with E-state index in [1.807, 2.05) is 36.4 Å². The van der Waals surface area contributed by atoms with Crippen LogP contribution >= 0.6 is 0 Å². The second kappa shape index (κ2) is 4.51. The number of benzene rings is 2. The van der Waals surface area contributed by atoms with Crippen molar-refractivity contribution < 1.29 is 0 Å². The fourth-order valence-corrected chi connectivity index (χ4v) is 1.55. The molecule has 0 aliphatic carbocycles. The van der Waals surface area contributed by atoms with Crippen LogP contribution in [0.3, 0.4) is 0 Å². The van der Waals surface area contributed by atoms with Gasteiger partial charge in [-0.3, -0.25) is 0 Å². The van der Waals surface area contributed by atoms with E-state index in [0.717, 1.165) is 12.0 Å². The third-order valence-electron chi connectivity index (χ3n) is 2.27. The van der Waals surface area contributed by atoms with E-state index < -0.39 is 0 Å². The van der Waals surface area contributed by atoms with Gasteiger partial charge in [0.2, 0.25) is 0 Å². The lowest BCUT2D eigenvalue weighted by molar-refractivity contribution is 1.19. The van der Waals surface area contributed by atoms with Gasteiger partial charge in [0.15, 0.2) is 0 Å². The molecule has 15 heavy (non-hydrogen) atoms. The van der Waals surface area contributed by atoms with Crippen molar-refractivity contribution in [3.05, 3.63) is 70.6 Å². The van der Waals surface area contributed by atoms with Crippen molar-refractivity contribution in [2.75, 3.05) is 0 Å². The van der Waals surface area contributed by atoms with Crippen LogP contribution in [0.25, 0.3) is 0 Å². The fourth-order valence-electron chi connectivity index (χ4n) is 1.55. The molecule has 0 aliphatic rings. The topological polar surface area (TPSA) is 29.4 Å². The van der Waals surface area contributed by atoms with Crippen LogP contribution in [0.1, 0.15) is 11.1 Å². The second-order valence-corrected chi connectivity index (χ2v) is 3.42. The third-order valence-corrected chi connectivity index (χ3v) is 2.27. The van der Waals surface area contributed by atoms with Crippen molar-refractivity contribution >= 4 is 5.69 Å². The number of nitrogens with zero attached hydrogens (tertiary/aromatic N) is 1. The van der Waals surface area contributed by atoms with Crippen LogP contribution in [0.5, 0.6) is 0 Å². The van der Waals surface area contributed by atoms with Crippen LogP contribution in [0.2, 0.25) is 0 Å². The molecule has 0 atom stereocenters. The number of hydrogen-bond acceptors (Lipinski definition) is 2. The van der Waals surface area contributed by atoms with Gasteiger partial charge in [0.05, 0.1) is 0 Å². The van der Waals surface area contributed by atoms with Crippen molar-refractivity contribution in [2.45, 2.75) is 6.42 Å². The van der Waals surface area contributed by atoms with Gasteiger partial charge in [0.25, 0.3) is 0 Å². The molecule has 0 aliphatic heterocycles. The van der Waals surface area contributed by atoms with Gasteiger partial charge in [0, 0.05) is 0 Å². The summed E-state index contributed by atoms with van der Waals surface area (Å²) < 4.78 is 0. The molecule has 0 N–H and O–H groups in total. The lowest BCUT2D eigenvalue weighted by Gasteiger charge is -2.01. The molecule has 2 heteroatoms. The third kappa shape index (κ3) is 2.50. The minimum atomic E-state index is 0.489. The minimum Gasteiger partial charge on any atom is -0.145 e. The molecule has 0 spiro atoms. The average molecular weight is 197 g/mol. The Hall–Kier alpha value is -1.96. The van der Waals surface area contributed by atoms with Gasteiger partial charge in [-0.1, -0.05) is 42.5 Å². The van der Waals surface area contributed by atoms with E-state index >= 15 is 0 Å². The highest BCUT2D eigenvalue weighted by Crippen LogP contribution is 2.16. The number of rotatable bonds is 3. The van der Waals surface area contributed by atoms with Crippen molar-refractivity contribution in [1.82, 2.24) is 0 Å². The second-order valence-electron chi connectivity index (χ2n) is 3.42. The van der Waals surface area contributed by atoms with Crippen molar-refractivity contribution in [3.8, 4) is 0 Å². The summed E-state index contributed by atoms with van der Waals surface area (Å²) in [5.74, 6) is 0. The van der Waals surface area contributed by atoms with Crippen LogP contribution in [0.4, 0.5) is 5.69 Å². The van der Waals surface area contributed by atoms with E-state index in [4.69, 9.17) is 0 Å². The van der Waals surface area contributed by atoms with Crippen molar-refractivity contribution in [1.29, 1.82) is 0 Å². The molecule has 2 rings (SSSR count). The van der Waals surface area contributed by atoms with Crippen LogP contribution in [-0.2, 0) is 6.42 Å². The van der Waals surface area contributed by atoms with E-state index in [1.165, 1.54) is 5.56 Å². The Morgan fingerprint density at radius 3 is 2.33 bits per heavy atom. The van der Waals surface area contributed by atoms with Gasteiger partial charge in [-0.15, -0.1) is 4.91 Å². The molecule has 0 aromatic heterocycles. The molecule has 0 saturated heterocycles. The normalized spacial score (nSPS) is 9.87. The molecule has 2 aromatic rings. The van der Waals surface area contributed by atoms with E-state index in [0.29, 0.717) is 5.69 Å². The quantitative estimate of drug-likeness (QED) is 0.690. The largest absolute Gasteiger partial charge is 0.145 e. The first-order chi connectivity index (χ1) is 7.38. The number of nitroso groups, excluding NO2 is 1. The van der Waals surface area contributed by atoms with Gasteiger partial charge in [-0.25, -0.2) is 0 Å². The van der Waals surface area contributed by atoms with Crippen molar-refractivity contribution in [3.63, 3.8) is 0 Å². The Balaban J connectivity index is 2.21. The highest BCUT2D eigenvalue weighted by Gasteiger charge is 1.97. The monoisotopic (exact) mass is 197 g/mol. The van der Waals surface area contributed by atoms with Crippen LogP contribution < -0.4 is 0 Å². The SMILES string of the molecule is O=Nc1cccc(Cc2ccccc2)c1. The zero-order chi connectivity index (χ0) is 10.5. The Kier molecular flexibility index (Phi) is 2.88.